The Hall–Kier alpha value is -1.70. The molecule has 0 aliphatic rings. The first-order valence-electron chi connectivity index (χ1n) is 6.89. The molecule has 0 fully saturated rings. The number of likely N-dealkylation sites (N-methyl/N-ethyl adjacent to an activating group) is 1. The minimum Gasteiger partial charge on any atom is -0.459 e. The van der Waals surface area contributed by atoms with Gasteiger partial charge >= 0.3 is 0 Å². The monoisotopic (exact) mass is 324 g/mol. The van der Waals surface area contributed by atoms with E-state index in [0.717, 1.165) is 5.76 Å². The van der Waals surface area contributed by atoms with Crippen LogP contribution >= 0.6 is 11.3 Å². The Balaban J connectivity index is 2.15. The van der Waals surface area contributed by atoms with Crippen LogP contribution in [0.3, 0.4) is 0 Å². The molecule has 0 saturated heterocycles. The first kappa shape index (κ1) is 16.7. The molecule has 1 atom stereocenters. The van der Waals surface area contributed by atoms with Gasteiger partial charge in [0.2, 0.25) is 0 Å². The minimum atomic E-state index is -0.709. The molecule has 120 valence electrons. The molecule has 6 nitrogen and oxygen atoms in total. The number of aliphatic hydroxyl groups excluding tert-OH is 1. The summed E-state index contributed by atoms with van der Waals surface area (Å²) in [6, 6.07) is 3.70. The molecule has 0 aromatic carbocycles. The largest absolute Gasteiger partial charge is 0.459 e. The summed E-state index contributed by atoms with van der Waals surface area (Å²) in [6.45, 7) is 4.05. The zero-order valence-electron chi connectivity index (χ0n) is 13.1. The first-order valence-corrected chi connectivity index (χ1v) is 7.70. The van der Waals surface area contributed by atoms with Crippen molar-refractivity contribution in [3.8, 4) is 10.8 Å². The predicted octanol–water partition coefficient (Wildman–Crippen LogP) is 2.10. The van der Waals surface area contributed by atoms with Gasteiger partial charge in [-0.2, -0.15) is 0 Å². The SMILES string of the molecule is COCC(O)CN(C)C(=O)c1sc(-c2ccc(C)o2)nc1C. The van der Waals surface area contributed by atoms with Gasteiger partial charge in [0.25, 0.3) is 5.91 Å². The molecule has 2 heterocycles. The van der Waals surface area contributed by atoms with Crippen LogP contribution in [0, 0.1) is 13.8 Å². The fourth-order valence-corrected chi connectivity index (χ4v) is 3.09. The van der Waals surface area contributed by atoms with Gasteiger partial charge in [-0.1, -0.05) is 0 Å². The van der Waals surface area contributed by atoms with Crippen LogP contribution in [0.25, 0.3) is 10.8 Å². The number of furan rings is 1. The number of aromatic nitrogens is 1. The van der Waals surface area contributed by atoms with Gasteiger partial charge < -0.3 is 19.2 Å². The van der Waals surface area contributed by atoms with Crippen molar-refractivity contribution in [1.82, 2.24) is 9.88 Å². The number of nitrogens with zero attached hydrogens (tertiary/aromatic N) is 2. The maximum atomic E-state index is 12.5. The van der Waals surface area contributed by atoms with E-state index < -0.39 is 6.10 Å². The van der Waals surface area contributed by atoms with Crippen molar-refractivity contribution in [2.24, 2.45) is 0 Å². The third-order valence-electron chi connectivity index (χ3n) is 3.13. The van der Waals surface area contributed by atoms with Crippen LogP contribution in [-0.4, -0.2) is 54.3 Å². The third-order valence-corrected chi connectivity index (χ3v) is 4.29. The second-order valence-corrected chi connectivity index (χ2v) is 6.14. The fourth-order valence-electron chi connectivity index (χ4n) is 2.07. The Labute approximate surface area is 133 Å². The Morgan fingerprint density at radius 3 is 2.82 bits per heavy atom. The number of amides is 1. The quantitative estimate of drug-likeness (QED) is 0.880. The molecule has 2 rings (SSSR count). The minimum absolute atomic E-state index is 0.167. The van der Waals surface area contributed by atoms with E-state index in [1.165, 1.54) is 23.3 Å². The molecule has 22 heavy (non-hydrogen) atoms. The molecular weight excluding hydrogens is 304 g/mol. The van der Waals surface area contributed by atoms with E-state index >= 15 is 0 Å². The topological polar surface area (TPSA) is 75.8 Å². The molecule has 1 N–H and O–H groups in total. The lowest BCUT2D eigenvalue weighted by molar-refractivity contribution is 0.0382. The van der Waals surface area contributed by atoms with Gasteiger partial charge in [0.05, 0.1) is 18.4 Å². The van der Waals surface area contributed by atoms with Crippen LogP contribution in [0.1, 0.15) is 21.1 Å². The van der Waals surface area contributed by atoms with E-state index in [2.05, 4.69) is 4.98 Å². The van der Waals surface area contributed by atoms with Gasteiger partial charge in [-0.05, 0) is 26.0 Å². The second-order valence-electron chi connectivity index (χ2n) is 5.14. The Bertz CT molecular complexity index is 650. The van der Waals surface area contributed by atoms with Crippen molar-refractivity contribution in [1.29, 1.82) is 0 Å². The van der Waals surface area contributed by atoms with Crippen LogP contribution in [0.2, 0.25) is 0 Å². The molecule has 2 aromatic rings. The lowest BCUT2D eigenvalue weighted by atomic mass is 10.3. The summed E-state index contributed by atoms with van der Waals surface area (Å²) in [5.74, 6) is 1.29. The number of carbonyl (C=O) groups is 1. The van der Waals surface area contributed by atoms with Crippen LogP contribution < -0.4 is 0 Å². The number of aliphatic hydroxyl groups is 1. The van der Waals surface area contributed by atoms with Crippen LogP contribution in [0.4, 0.5) is 0 Å². The maximum Gasteiger partial charge on any atom is 0.265 e. The Morgan fingerprint density at radius 1 is 1.50 bits per heavy atom. The zero-order chi connectivity index (χ0) is 16.3. The number of hydrogen-bond acceptors (Lipinski definition) is 6. The lowest BCUT2D eigenvalue weighted by Gasteiger charge is -2.19. The molecule has 0 spiro atoms. The summed E-state index contributed by atoms with van der Waals surface area (Å²) >= 11 is 1.29. The van der Waals surface area contributed by atoms with Crippen molar-refractivity contribution in [3.05, 3.63) is 28.5 Å². The molecule has 0 aliphatic carbocycles. The molecule has 7 heteroatoms. The van der Waals surface area contributed by atoms with E-state index in [9.17, 15) is 9.90 Å². The van der Waals surface area contributed by atoms with Gasteiger partial charge in [0.15, 0.2) is 10.8 Å². The maximum absolute atomic E-state index is 12.5. The summed E-state index contributed by atoms with van der Waals surface area (Å²) in [4.78, 5) is 18.9. The number of hydrogen-bond donors (Lipinski definition) is 1. The molecular formula is C15H20N2O4S. The van der Waals surface area contributed by atoms with Gasteiger partial charge in [0.1, 0.15) is 10.6 Å². The van der Waals surface area contributed by atoms with Crippen molar-refractivity contribution >= 4 is 17.2 Å². The van der Waals surface area contributed by atoms with Gasteiger partial charge in [0, 0.05) is 20.7 Å². The van der Waals surface area contributed by atoms with E-state index in [1.54, 1.807) is 14.0 Å². The molecule has 0 bridgehead atoms. The molecule has 0 aliphatic heterocycles. The van der Waals surface area contributed by atoms with Crippen molar-refractivity contribution < 1.29 is 19.1 Å². The van der Waals surface area contributed by atoms with Gasteiger partial charge in [-0.3, -0.25) is 4.79 Å². The highest BCUT2D eigenvalue weighted by molar-refractivity contribution is 7.17. The number of methoxy groups -OCH3 is 1. The fraction of sp³-hybridized carbons (Fsp3) is 0.467. The van der Waals surface area contributed by atoms with Gasteiger partial charge in [-0.25, -0.2) is 4.98 Å². The van der Waals surface area contributed by atoms with Crippen LogP contribution in [-0.2, 0) is 4.74 Å². The molecule has 0 radical (unpaired) electrons. The third kappa shape index (κ3) is 3.73. The average Bonchev–Trinajstić information content (AvgIpc) is 3.04. The molecule has 1 unspecified atom stereocenters. The van der Waals surface area contributed by atoms with Gasteiger partial charge in [-0.15, -0.1) is 11.3 Å². The molecule has 0 saturated carbocycles. The predicted molar refractivity (Wildman–Crippen MR) is 84.1 cm³/mol. The Kier molecular flexibility index (Phi) is 5.33. The lowest BCUT2D eigenvalue weighted by Crippen LogP contribution is -2.36. The van der Waals surface area contributed by atoms with Crippen LogP contribution in [0.5, 0.6) is 0 Å². The van der Waals surface area contributed by atoms with Crippen molar-refractivity contribution in [2.45, 2.75) is 20.0 Å². The van der Waals surface area contributed by atoms with E-state index in [-0.39, 0.29) is 19.1 Å². The first-order chi connectivity index (χ1) is 10.4. The smallest absolute Gasteiger partial charge is 0.265 e. The number of carbonyl (C=O) groups excluding carboxylic acids is 1. The summed E-state index contributed by atoms with van der Waals surface area (Å²) in [5, 5.41) is 10.4. The molecule has 2 aromatic heterocycles. The van der Waals surface area contributed by atoms with E-state index in [1.807, 2.05) is 19.1 Å². The van der Waals surface area contributed by atoms with Crippen LogP contribution in [0.15, 0.2) is 16.5 Å². The van der Waals surface area contributed by atoms with Crippen molar-refractivity contribution in [2.75, 3.05) is 27.3 Å². The summed E-state index contributed by atoms with van der Waals surface area (Å²) in [6.07, 6.45) is -0.709. The van der Waals surface area contributed by atoms with E-state index in [4.69, 9.17) is 9.15 Å². The summed E-state index contributed by atoms with van der Waals surface area (Å²) in [5.41, 5.74) is 0.659. The number of ether oxygens (including phenoxy) is 1. The second kappa shape index (κ2) is 7.04. The highest BCUT2D eigenvalue weighted by Crippen LogP contribution is 2.29. The summed E-state index contributed by atoms with van der Waals surface area (Å²) in [7, 11) is 3.16. The normalized spacial score (nSPS) is 12.4. The number of aryl methyl sites for hydroxylation is 2. The number of rotatable bonds is 6. The Morgan fingerprint density at radius 2 is 2.23 bits per heavy atom. The van der Waals surface area contributed by atoms with E-state index in [0.29, 0.717) is 21.3 Å². The number of thiazole rings is 1. The zero-order valence-corrected chi connectivity index (χ0v) is 13.9. The highest BCUT2D eigenvalue weighted by atomic mass is 32.1. The average molecular weight is 324 g/mol. The summed E-state index contributed by atoms with van der Waals surface area (Å²) < 4.78 is 10.4. The standard InChI is InChI=1S/C15H20N2O4S/c1-9-5-6-12(21-9)14-16-10(2)13(22-14)15(19)17(3)7-11(18)8-20-4/h5-6,11,18H,7-8H2,1-4H3. The highest BCUT2D eigenvalue weighted by Gasteiger charge is 2.22. The van der Waals surface area contributed by atoms with Crippen molar-refractivity contribution in [3.63, 3.8) is 0 Å². The molecule has 1 amide bonds.